The van der Waals surface area contributed by atoms with Gasteiger partial charge in [-0.25, -0.2) is 0 Å². The van der Waals surface area contributed by atoms with Gasteiger partial charge in [0.15, 0.2) is 5.60 Å². The van der Waals surface area contributed by atoms with Gasteiger partial charge in [0, 0.05) is 12.5 Å². The van der Waals surface area contributed by atoms with Gasteiger partial charge in [-0.2, -0.15) is 13.2 Å². The van der Waals surface area contributed by atoms with Crippen LogP contribution in [-0.2, 0) is 15.7 Å². The number of ether oxygens (including phenoxy) is 1. The second kappa shape index (κ2) is 5.03. The molecule has 0 fully saturated rings. The molecule has 0 bridgehead atoms. The third-order valence-electron chi connectivity index (χ3n) is 2.42. The van der Waals surface area contributed by atoms with E-state index in [0.29, 0.717) is 0 Å². The predicted octanol–water partition coefficient (Wildman–Crippen LogP) is 3.23. The first-order valence-corrected chi connectivity index (χ1v) is 5.45. The van der Waals surface area contributed by atoms with Crippen molar-refractivity contribution >= 4 is 11.8 Å². The quantitative estimate of drug-likeness (QED) is 0.627. The van der Waals surface area contributed by atoms with Crippen molar-refractivity contribution < 1.29 is 27.5 Å². The Bertz CT molecular complexity index is 487. The lowest BCUT2D eigenvalue weighted by Crippen LogP contribution is -2.36. The SMILES string of the molecule is CC(=O)OC(C)(C)C(=O)c1ccc(C(F)(F)F)cc1. The monoisotopic (exact) mass is 274 g/mol. The highest BCUT2D eigenvalue weighted by Crippen LogP contribution is 2.29. The van der Waals surface area contributed by atoms with Crippen molar-refractivity contribution in [1.82, 2.24) is 0 Å². The second-order valence-corrected chi connectivity index (χ2v) is 4.51. The fourth-order valence-corrected chi connectivity index (χ4v) is 1.56. The number of alkyl halides is 3. The number of benzene rings is 1. The molecule has 0 aliphatic rings. The summed E-state index contributed by atoms with van der Waals surface area (Å²) >= 11 is 0. The van der Waals surface area contributed by atoms with Crippen LogP contribution in [0.5, 0.6) is 0 Å². The molecule has 0 N–H and O–H groups in total. The van der Waals surface area contributed by atoms with Gasteiger partial charge in [0.1, 0.15) is 0 Å². The van der Waals surface area contributed by atoms with Gasteiger partial charge in [-0.1, -0.05) is 12.1 Å². The Hall–Kier alpha value is -1.85. The van der Waals surface area contributed by atoms with Crippen molar-refractivity contribution in [3.63, 3.8) is 0 Å². The van der Waals surface area contributed by atoms with Crippen LogP contribution in [0.3, 0.4) is 0 Å². The molecule has 0 saturated heterocycles. The molecule has 0 aliphatic heterocycles. The van der Waals surface area contributed by atoms with Crippen molar-refractivity contribution in [2.45, 2.75) is 32.5 Å². The minimum absolute atomic E-state index is 0.0549. The standard InChI is InChI=1S/C13H13F3O3/c1-8(17)19-12(2,3)11(18)9-4-6-10(7-5-9)13(14,15)16/h4-7H,1-3H3. The summed E-state index contributed by atoms with van der Waals surface area (Å²) in [7, 11) is 0. The van der Waals surface area contributed by atoms with E-state index in [4.69, 9.17) is 4.74 Å². The molecule has 1 aromatic rings. The van der Waals surface area contributed by atoms with Gasteiger partial charge in [0.05, 0.1) is 5.56 Å². The van der Waals surface area contributed by atoms with E-state index in [-0.39, 0.29) is 5.56 Å². The van der Waals surface area contributed by atoms with Crippen LogP contribution in [0, 0.1) is 0 Å². The third kappa shape index (κ3) is 3.81. The highest BCUT2D eigenvalue weighted by atomic mass is 19.4. The van der Waals surface area contributed by atoms with E-state index in [1.54, 1.807) is 0 Å². The van der Waals surface area contributed by atoms with Gasteiger partial charge in [0.2, 0.25) is 5.78 Å². The minimum atomic E-state index is -4.45. The molecule has 0 radical (unpaired) electrons. The maximum Gasteiger partial charge on any atom is 0.416 e. The van der Waals surface area contributed by atoms with E-state index in [2.05, 4.69) is 0 Å². The molecule has 19 heavy (non-hydrogen) atoms. The predicted molar refractivity (Wildman–Crippen MR) is 61.6 cm³/mol. The average molecular weight is 274 g/mol. The first-order chi connectivity index (χ1) is 8.54. The lowest BCUT2D eigenvalue weighted by atomic mass is 9.95. The second-order valence-electron chi connectivity index (χ2n) is 4.51. The number of rotatable bonds is 3. The molecule has 104 valence electrons. The summed E-state index contributed by atoms with van der Waals surface area (Å²) in [5.74, 6) is -1.19. The van der Waals surface area contributed by atoms with E-state index >= 15 is 0 Å². The maximum atomic E-state index is 12.4. The molecular weight excluding hydrogens is 261 g/mol. The van der Waals surface area contributed by atoms with Crippen LogP contribution >= 0.6 is 0 Å². The van der Waals surface area contributed by atoms with Crippen LogP contribution in [0.15, 0.2) is 24.3 Å². The van der Waals surface area contributed by atoms with E-state index < -0.39 is 29.1 Å². The summed E-state index contributed by atoms with van der Waals surface area (Å²) in [5, 5.41) is 0. The number of carbonyl (C=O) groups excluding carboxylic acids is 2. The zero-order valence-corrected chi connectivity index (χ0v) is 10.7. The largest absolute Gasteiger partial charge is 0.451 e. The first kappa shape index (κ1) is 15.2. The minimum Gasteiger partial charge on any atom is -0.451 e. The molecule has 0 aliphatic carbocycles. The topological polar surface area (TPSA) is 43.4 Å². The smallest absolute Gasteiger partial charge is 0.416 e. The van der Waals surface area contributed by atoms with Gasteiger partial charge < -0.3 is 4.74 Å². The van der Waals surface area contributed by atoms with E-state index in [1.807, 2.05) is 0 Å². The van der Waals surface area contributed by atoms with Gasteiger partial charge in [0.25, 0.3) is 0 Å². The summed E-state index contributed by atoms with van der Waals surface area (Å²) in [6.45, 7) is 3.92. The fourth-order valence-electron chi connectivity index (χ4n) is 1.56. The van der Waals surface area contributed by atoms with Crippen LogP contribution in [0.4, 0.5) is 13.2 Å². The Kier molecular flexibility index (Phi) is 4.03. The highest BCUT2D eigenvalue weighted by Gasteiger charge is 2.33. The molecule has 0 amide bonds. The number of hydrogen-bond donors (Lipinski definition) is 0. The molecule has 1 rings (SSSR count). The Morgan fingerprint density at radius 1 is 1.05 bits per heavy atom. The summed E-state index contributed by atoms with van der Waals surface area (Å²) in [6.07, 6.45) is -4.45. The summed E-state index contributed by atoms with van der Waals surface area (Å²) in [4.78, 5) is 22.9. The van der Waals surface area contributed by atoms with Crippen LogP contribution in [0.1, 0.15) is 36.7 Å². The number of hydrogen-bond acceptors (Lipinski definition) is 3. The number of ketones is 1. The van der Waals surface area contributed by atoms with E-state index in [1.165, 1.54) is 13.8 Å². The fraction of sp³-hybridized carbons (Fsp3) is 0.385. The van der Waals surface area contributed by atoms with Crippen LogP contribution < -0.4 is 0 Å². The van der Waals surface area contributed by atoms with Crippen molar-refractivity contribution in [3.05, 3.63) is 35.4 Å². The number of halogens is 3. The molecule has 0 atom stereocenters. The zero-order chi connectivity index (χ0) is 14.8. The molecule has 3 nitrogen and oxygen atoms in total. The van der Waals surface area contributed by atoms with Crippen molar-refractivity contribution in [3.8, 4) is 0 Å². The number of Topliss-reactive ketones (excluding diaryl/α,β-unsaturated/α-hetero) is 1. The highest BCUT2D eigenvalue weighted by molar-refractivity contribution is 6.02. The molecule has 0 heterocycles. The van der Waals surface area contributed by atoms with Gasteiger partial charge >= 0.3 is 12.1 Å². The Morgan fingerprint density at radius 3 is 1.89 bits per heavy atom. The van der Waals surface area contributed by atoms with Crippen molar-refractivity contribution in [1.29, 1.82) is 0 Å². The number of carbonyl (C=O) groups is 2. The Balaban J connectivity index is 2.99. The van der Waals surface area contributed by atoms with Crippen molar-refractivity contribution in [2.24, 2.45) is 0 Å². The normalized spacial score (nSPS) is 12.1. The molecule has 1 aromatic carbocycles. The summed E-state index contributed by atoms with van der Waals surface area (Å²) in [5.41, 5.74) is -2.19. The molecule has 0 saturated carbocycles. The van der Waals surface area contributed by atoms with E-state index in [9.17, 15) is 22.8 Å². The molecule has 0 unspecified atom stereocenters. The van der Waals surface area contributed by atoms with Gasteiger partial charge in [-0.05, 0) is 26.0 Å². The summed E-state index contributed by atoms with van der Waals surface area (Å²) < 4.78 is 42.0. The van der Waals surface area contributed by atoms with Gasteiger partial charge in [-0.15, -0.1) is 0 Å². The van der Waals surface area contributed by atoms with Crippen LogP contribution in [0.25, 0.3) is 0 Å². The average Bonchev–Trinajstić information content (AvgIpc) is 2.25. The number of esters is 1. The molecular formula is C13H13F3O3. The lowest BCUT2D eigenvalue weighted by molar-refractivity contribution is -0.149. The first-order valence-electron chi connectivity index (χ1n) is 5.45. The van der Waals surface area contributed by atoms with Gasteiger partial charge in [-0.3, -0.25) is 9.59 Å². The molecule has 0 spiro atoms. The van der Waals surface area contributed by atoms with Crippen LogP contribution in [0.2, 0.25) is 0 Å². The molecule has 6 heteroatoms. The Labute approximate surface area is 108 Å². The lowest BCUT2D eigenvalue weighted by Gasteiger charge is -2.22. The Morgan fingerprint density at radius 2 is 1.53 bits per heavy atom. The van der Waals surface area contributed by atoms with Crippen LogP contribution in [-0.4, -0.2) is 17.4 Å². The maximum absolute atomic E-state index is 12.4. The zero-order valence-electron chi connectivity index (χ0n) is 10.7. The van der Waals surface area contributed by atoms with E-state index in [0.717, 1.165) is 31.2 Å². The van der Waals surface area contributed by atoms with Crippen molar-refractivity contribution in [2.75, 3.05) is 0 Å². The summed E-state index contributed by atoms with van der Waals surface area (Å²) in [6, 6.07) is 3.76. The molecule has 0 aromatic heterocycles. The third-order valence-corrected chi connectivity index (χ3v) is 2.42.